The lowest BCUT2D eigenvalue weighted by Crippen LogP contribution is -2.27. The molecule has 1 saturated carbocycles. The summed E-state index contributed by atoms with van der Waals surface area (Å²) in [5.41, 5.74) is 9.27. The average Bonchev–Trinajstić information content (AvgIpc) is 2.72. The predicted molar refractivity (Wildman–Crippen MR) is 72.0 cm³/mol. The molecular formula is C15H20N2. The first-order valence-electron chi connectivity index (χ1n) is 6.27. The molecule has 1 fully saturated rings. The predicted octanol–water partition coefficient (Wildman–Crippen LogP) is 2.80. The van der Waals surface area contributed by atoms with Gasteiger partial charge >= 0.3 is 0 Å². The molecule has 1 heterocycles. The zero-order valence-electron chi connectivity index (χ0n) is 10.8. The molecule has 2 nitrogen and oxygen atoms in total. The molecule has 1 aromatic heterocycles. The van der Waals surface area contributed by atoms with Crippen LogP contribution in [-0.2, 0) is 12.5 Å². The number of hydrogen-bond acceptors (Lipinski definition) is 1. The number of fused-ring (bicyclic) bond motifs is 1. The summed E-state index contributed by atoms with van der Waals surface area (Å²) in [7, 11) is 2.16. The standard InChI is InChI=1S/C15H20N2/c1-14(2)9-15(14,10-16)13-8-11-6-4-5-7-12(11)17(13)3/h4-8H,9-10,16H2,1-3H3. The highest BCUT2D eigenvalue weighted by Crippen LogP contribution is 2.63. The fraction of sp³-hybridized carbons (Fsp3) is 0.467. The second kappa shape index (κ2) is 3.14. The average molecular weight is 228 g/mol. The largest absolute Gasteiger partial charge is 0.347 e. The third-order valence-electron chi connectivity index (χ3n) is 4.70. The maximum Gasteiger partial charge on any atom is 0.0480 e. The lowest BCUT2D eigenvalue weighted by molar-refractivity contribution is 0.483. The third-order valence-corrected chi connectivity index (χ3v) is 4.70. The van der Waals surface area contributed by atoms with E-state index in [9.17, 15) is 0 Å². The van der Waals surface area contributed by atoms with Crippen LogP contribution in [0.25, 0.3) is 10.9 Å². The molecule has 3 rings (SSSR count). The summed E-state index contributed by atoms with van der Waals surface area (Å²) in [5.74, 6) is 0. The van der Waals surface area contributed by atoms with Crippen LogP contribution >= 0.6 is 0 Å². The lowest BCUT2D eigenvalue weighted by Gasteiger charge is -2.19. The van der Waals surface area contributed by atoms with Gasteiger partial charge in [0.2, 0.25) is 0 Å². The Balaban J connectivity index is 2.22. The molecule has 0 spiro atoms. The van der Waals surface area contributed by atoms with Crippen LogP contribution in [0.2, 0.25) is 0 Å². The minimum Gasteiger partial charge on any atom is -0.347 e. The molecule has 0 aliphatic heterocycles. The SMILES string of the molecule is Cn1c(C2(CN)CC2(C)C)cc2ccccc21. The normalized spacial score (nSPS) is 26.4. The van der Waals surface area contributed by atoms with Crippen LogP contribution in [-0.4, -0.2) is 11.1 Å². The Morgan fingerprint density at radius 2 is 1.94 bits per heavy atom. The Kier molecular flexibility index (Phi) is 2.00. The summed E-state index contributed by atoms with van der Waals surface area (Å²) < 4.78 is 2.32. The van der Waals surface area contributed by atoms with E-state index < -0.39 is 0 Å². The van der Waals surface area contributed by atoms with Crippen LogP contribution in [0, 0.1) is 5.41 Å². The van der Waals surface area contributed by atoms with E-state index in [0.717, 1.165) is 6.54 Å². The first kappa shape index (κ1) is 10.8. The number of aromatic nitrogens is 1. The van der Waals surface area contributed by atoms with Crippen molar-refractivity contribution in [2.45, 2.75) is 25.7 Å². The number of aryl methyl sites for hydroxylation is 1. The van der Waals surface area contributed by atoms with Gasteiger partial charge in [-0.25, -0.2) is 0 Å². The van der Waals surface area contributed by atoms with Gasteiger partial charge in [0.25, 0.3) is 0 Å². The molecule has 2 N–H and O–H groups in total. The fourth-order valence-corrected chi connectivity index (χ4v) is 3.35. The minimum absolute atomic E-state index is 0.181. The maximum atomic E-state index is 6.05. The minimum atomic E-state index is 0.181. The van der Waals surface area contributed by atoms with Crippen molar-refractivity contribution in [2.75, 3.05) is 6.54 Å². The number of nitrogens with two attached hydrogens (primary N) is 1. The number of para-hydroxylation sites is 1. The molecule has 0 amide bonds. The monoisotopic (exact) mass is 228 g/mol. The molecule has 17 heavy (non-hydrogen) atoms. The van der Waals surface area contributed by atoms with E-state index in [0.29, 0.717) is 5.41 Å². The van der Waals surface area contributed by atoms with Crippen LogP contribution in [0.3, 0.4) is 0 Å². The summed E-state index contributed by atoms with van der Waals surface area (Å²) in [4.78, 5) is 0. The summed E-state index contributed by atoms with van der Waals surface area (Å²) in [6.45, 7) is 5.37. The van der Waals surface area contributed by atoms with E-state index in [1.807, 2.05) is 0 Å². The summed E-state index contributed by atoms with van der Waals surface area (Å²) in [6.07, 6.45) is 1.20. The number of hydrogen-bond donors (Lipinski definition) is 1. The molecule has 1 aromatic carbocycles. The Morgan fingerprint density at radius 3 is 2.47 bits per heavy atom. The van der Waals surface area contributed by atoms with Crippen molar-refractivity contribution in [2.24, 2.45) is 18.2 Å². The smallest absolute Gasteiger partial charge is 0.0480 e. The Morgan fingerprint density at radius 1 is 1.29 bits per heavy atom. The molecule has 2 heteroatoms. The molecular weight excluding hydrogens is 208 g/mol. The van der Waals surface area contributed by atoms with Gasteiger partial charge < -0.3 is 10.3 Å². The highest BCUT2D eigenvalue weighted by atomic mass is 15.0. The Bertz CT molecular complexity index is 580. The van der Waals surface area contributed by atoms with Crippen LogP contribution in [0.15, 0.2) is 30.3 Å². The van der Waals surface area contributed by atoms with E-state index in [4.69, 9.17) is 5.73 Å². The van der Waals surface area contributed by atoms with Gasteiger partial charge in [-0.15, -0.1) is 0 Å². The highest BCUT2D eigenvalue weighted by Gasteiger charge is 2.62. The fourth-order valence-electron chi connectivity index (χ4n) is 3.35. The van der Waals surface area contributed by atoms with Gasteiger partial charge in [-0.1, -0.05) is 32.0 Å². The number of benzene rings is 1. The van der Waals surface area contributed by atoms with Crippen molar-refractivity contribution < 1.29 is 0 Å². The molecule has 90 valence electrons. The number of rotatable bonds is 2. The molecule has 1 unspecified atom stereocenters. The van der Waals surface area contributed by atoms with Crippen molar-refractivity contribution in [3.63, 3.8) is 0 Å². The van der Waals surface area contributed by atoms with Gasteiger partial charge in [-0.3, -0.25) is 0 Å². The second-order valence-corrected chi connectivity index (χ2v) is 5.99. The number of nitrogens with zero attached hydrogens (tertiary/aromatic N) is 1. The zero-order chi connectivity index (χ0) is 12.3. The molecule has 2 aromatic rings. The summed E-state index contributed by atoms with van der Waals surface area (Å²) in [6, 6.07) is 10.9. The van der Waals surface area contributed by atoms with Crippen LogP contribution in [0.1, 0.15) is 26.0 Å². The first-order valence-corrected chi connectivity index (χ1v) is 6.27. The van der Waals surface area contributed by atoms with Crippen LogP contribution in [0.4, 0.5) is 0 Å². The van der Waals surface area contributed by atoms with Crippen molar-refractivity contribution >= 4 is 10.9 Å². The summed E-state index contributed by atoms with van der Waals surface area (Å²) in [5, 5.41) is 1.32. The quantitative estimate of drug-likeness (QED) is 0.842. The van der Waals surface area contributed by atoms with E-state index in [1.165, 1.54) is 23.0 Å². The van der Waals surface area contributed by atoms with Crippen molar-refractivity contribution in [1.82, 2.24) is 4.57 Å². The van der Waals surface area contributed by atoms with E-state index in [1.54, 1.807) is 0 Å². The molecule has 1 aliphatic carbocycles. The molecule has 1 aliphatic rings. The summed E-state index contributed by atoms with van der Waals surface area (Å²) >= 11 is 0. The van der Waals surface area contributed by atoms with Crippen molar-refractivity contribution in [3.8, 4) is 0 Å². The molecule has 0 radical (unpaired) electrons. The Hall–Kier alpha value is -1.28. The molecule has 0 bridgehead atoms. The Labute approximate surface area is 102 Å². The van der Waals surface area contributed by atoms with Crippen LogP contribution < -0.4 is 5.73 Å². The maximum absolute atomic E-state index is 6.05. The second-order valence-electron chi connectivity index (χ2n) is 5.99. The van der Waals surface area contributed by atoms with Crippen molar-refractivity contribution in [3.05, 3.63) is 36.0 Å². The van der Waals surface area contributed by atoms with E-state index in [2.05, 4.69) is 55.8 Å². The van der Waals surface area contributed by atoms with Gasteiger partial charge in [-0.2, -0.15) is 0 Å². The topological polar surface area (TPSA) is 30.9 Å². The van der Waals surface area contributed by atoms with E-state index in [-0.39, 0.29) is 5.41 Å². The lowest BCUT2D eigenvalue weighted by atomic mass is 9.92. The van der Waals surface area contributed by atoms with Gasteiger partial charge in [-0.05, 0) is 29.4 Å². The first-order chi connectivity index (χ1) is 8.02. The van der Waals surface area contributed by atoms with Crippen molar-refractivity contribution in [1.29, 1.82) is 0 Å². The molecule has 0 saturated heterocycles. The van der Waals surface area contributed by atoms with Gasteiger partial charge in [0.05, 0.1) is 0 Å². The molecule has 1 atom stereocenters. The zero-order valence-corrected chi connectivity index (χ0v) is 10.8. The van der Waals surface area contributed by atoms with Crippen LogP contribution in [0.5, 0.6) is 0 Å². The van der Waals surface area contributed by atoms with E-state index >= 15 is 0 Å². The highest BCUT2D eigenvalue weighted by molar-refractivity contribution is 5.82. The third kappa shape index (κ3) is 1.25. The van der Waals surface area contributed by atoms with Gasteiger partial charge in [0.15, 0.2) is 0 Å². The van der Waals surface area contributed by atoms with Gasteiger partial charge in [0.1, 0.15) is 0 Å². The van der Waals surface area contributed by atoms with Gasteiger partial charge in [0, 0.05) is 30.2 Å².